The highest BCUT2D eigenvalue weighted by molar-refractivity contribution is 8.76. The van der Waals surface area contributed by atoms with Crippen LogP contribution in [0.2, 0.25) is 0 Å². The summed E-state index contributed by atoms with van der Waals surface area (Å²) in [6.07, 6.45) is 0.507. The molecule has 0 radical (unpaired) electrons. The largest absolute Gasteiger partial charge is 0.481 e. The van der Waals surface area contributed by atoms with Crippen molar-refractivity contribution >= 4 is 152 Å². The van der Waals surface area contributed by atoms with Crippen LogP contribution in [-0.2, 0) is 97.5 Å². The Morgan fingerprint density at radius 2 is 1.16 bits per heavy atom. The minimum Gasteiger partial charge on any atom is -0.481 e. The van der Waals surface area contributed by atoms with Crippen molar-refractivity contribution < 1.29 is 106 Å². The van der Waals surface area contributed by atoms with Gasteiger partial charge in [0.25, 0.3) is 0 Å². The highest BCUT2D eigenvalue weighted by atomic mass is 33.1. The van der Waals surface area contributed by atoms with Crippen molar-refractivity contribution in [3.63, 3.8) is 0 Å². The monoisotopic (exact) mass is 1990 g/mol. The summed E-state index contributed by atoms with van der Waals surface area (Å²) in [5.41, 5.74) is 23.5. The van der Waals surface area contributed by atoms with Gasteiger partial charge in [0.15, 0.2) is 5.96 Å². The Kier molecular flexibility index (Phi) is 49.4. The average Bonchev–Trinajstić information content (AvgIpc) is 1.64. The van der Waals surface area contributed by atoms with Crippen LogP contribution in [0.25, 0.3) is 0 Å². The Bertz CT molecular complexity index is 4310. The van der Waals surface area contributed by atoms with Crippen LogP contribution in [0.4, 0.5) is 4.39 Å². The first kappa shape index (κ1) is 115. The number of halogens is 1. The number of carboxylic acids is 1. The van der Waals surface area contributed by atoms with Gasteiger partial charge in [-0.1, -0.05) is 99.4 Å². The van der Waals surface area contributed by atoms with E-state index in [0.717, 1.165) is 31.4 Å². The second-order valence-electron chi connectivity index (χ2n) is 35.9. The predicted molar refractivity (Wildman–Crippen MR) is 510 cm³/mol. The van der Waals surface area contributed by atoms with Crippen LogP contribution in [0.15, 0.2) is 30.3 Å². The van der Waals surface area contributed by atoms with Crippen molar-refractivity contribution in [2.24, 2.45) is 34.8 Å². The fourth-order valence-corrected chi connectivity index (χ4v) is 19.6. The quantitative estimate of drug-likeness (QED) is 0.0133. The summed E-state index contributed by atoms with van der Waals surface area (Å²) in [7, 11) is 1.88. The van der Waals surface area contributed by atoms with E-state index < -0.39 is 271 Å². The molecular weight excluding hydrogens is 1840 g/mol. The number of benzene rings is 1. The molecule has 0 spiro atoms. The molecule has 0 aromatic heterocycles. The number of likely N-dealkylation sites (tertiary alicyclic amines) is 3. The van der Waals surface area contributed by atoms with Crippen molar-refractivity contribution in [3.8, 4) is 0 Å². The molecule has 18 amide bonds. The zero-order valence-electron chi connectivity index (χ0n) is 79.5. The summed E-state index contributed by atoms with van der Waals surface area (Å²) in [5, 5.41) is 65.6. The van der Waals surface area contributed by atoms with Gasteiger partial charge in [-0.25, -0.2) is 4.39 Å². The number of carbonyl (C=O) groups is 19. The Balaban J connectivity index is 1.49. The molecule has 0 aliphatic carbocycles. The third kappa shape index (κ3) is 36.9. The van der Waals surface area contributed by atoms with Crippen LogP contribution in [-0.4, -0.2) is 333 Å². The first-order chi connectivity index (χ1) is 65.2. The molecule has 6 rings (SSSR count). The van der Waals surface area contributed by atoms with E-state index in [1.165, 1.54) is 35.4 Å². The number of primary amides is 1. The summed E-state index contributed by atoms with van der Waals surface area (Å²) in [6, 6.07) is -16.7. The van der Waals surface area contributed by atoms with E-state index in [1.54, 1.807) is 64.3 Å². The lowest BCUT2D eigenvalue weighted by molar-refractivity contribution is -0.148. The minimum atomic E-state index is -1.85. The third-order valence-electron chi connectivity index (χ3n) is 24.3. The van der Waals surface area contributed by atoms with Gasteiger partial charge in [-0.05, 0) is 171 Å². The van der Waals surface area contributed by atoms with Gasteiger partial charge in [0.2, 0.25) is 106 Å². The number of aliphatic carboxylic acids is 1. The third-order valence-corrected chi connectivity index (χ3v) is 27.4. The molecule has 0 bridgehead atoms. The van der Waals surface area contributed by atoms with E-state index in [9.17, 15) is 67.7 Å². The van der Waals surface area contributed by atoms with Gasteiger partial charge in [0.05, 0.1) is 13.2 Å². The standard InChI is InChI=1S/C89H144FN23O21S3/c1-9-10-24-60-85(131)110-38-19-28-66(110)82(128)97-51(6)73(119)108-64(47-114)80(126)107-63(44-53-22-12-11-13-23-53)79(125)109-65(81(127)105-61(26-15-17-36-92)86(132)113-46-54(90)45-69(113)87(133)111-39-20-29-67(111)83(129)99-55(72(93)118)31-32-70(116)117)48-137-136-42-34-59(102-76(122)58(33-41-135-8)103-84(130)68-30-21-40-112(68)88(134)71(50(4)5)98-52(7)115)77(123)106-62(43-49(2)3)78(124)101-57(27-18-37-96-89(94)95)74(120)100-56(75(121)104-60)25-14-16-35-91/h11-13,22-23,49-51,54-69,71,114H,9-10,14-21,24-48,91-92H2,1-8H3,(H2,93,118)(H,97,128)(H,98,115)(H,99,129)(H,100,120)(H,101,124)(H,102,122)(H,103,130)(H,104,121)(H,105,127)(H,106,123)(H,107,126)(H,108,119)(H,109,125)(H,116,117)(H4,94,95,96)/t51?,54?,55-,56-,57-,58-,59?,60-,61?,62-,63-,64-,65-,66-,67-,68-,69-,71-/m0/s1. The van der Waals surface area contributed by atoms with Crippen LogP contribution in [0.3, 0.4) is 0 Å². The number of nitrogens with one attached hydrogen (secondary N) is 15. The Morgan fingerprint density at radius 3 is 1.77 bits per heavy atom. The number of carbonyl (C=O) groups excluding carboxylic acids is 18. The first-order valence-corrected chi connectivity index (χ1v) is 51.2. The number of rotatable bonds is 40. The summed E-state index contributed by atoms with van der Waals surface area (Å²) >= 11 is 1.32. The molecule has 5 heterocycles. The molecule has 1 aromatic rings. The Hall–Kier alpha value is -10.7. The van der Waals surface area contributed by atoms with Crippen LogP contribution >= 0.6 is 33.3 Å². The molecule has 48 heteroatoms. The maximum absolute atomic E-state index is 16.1. The number of amides is 18. The zero-order chi connectivity index (χ0) is 101. The topological polar surface area (TPSA) is 674 Å². The van der Waals surface area contributed by atoms with E-state index in [0.29, 0.717) is 37.7 Å². The van der Waals surface area contributed by atoms with Gasteiger partial charge in [0.1, 0.15) is 109 Å². The van der Waals surface area contributed by atoms with Crippen molar-refractivity contribution in [2.45, 2.75) is 311 Å². The Morgan fingerprint density at radius 1 is 0.591 bits per heavy atom. The first-order valence-electron chi connectivity index (χ1n) is 47.3. The van der Waals surface area contributed by atoms with Gasteiger partial charge in [0, 0.05) is 63.9 Å². The lowest BCUT2D eigenvalue weighted by Crippen LogP contribution is -2.61. The highest BCUT2D eigenvalue weighted by Crippen LogP contribution is 2.31. The predicted octanol–water partition coefficient (Wildman–Crippen LogP) is -3.22. The van der Waals surface area contributed by atoms with Gasteiger partial charge in [-0.3, -0.25) is 96.5 Å². The van der Waals surface area contributed by atoms with Crippen molar-refractivity contribution in [2.75, 3.05) is 75.9 Å². The molecule has 5 fully saturated rings. The van der Waals surface area contributed by atoms with E-state index in [1.807, 2.05) is 6.92 Å². The molecule has 137 heavy (non-hydrogen) atoms. The number of hydrogen-bond acceptors (Lipinski definition) is 26. The van der Waals surface area contributed by atoms with Crippen LogP contribution in [0.1, 0.15) is 202 Å². The molecule has 5 aliphatic heterocycles. The molecule has 0 saturated carbocycles. The van der Waals surface area contributed by atoms with Crippen LogP contribution in [0, 0.1) is 17.2 Å². The zero-order valence-corrected chi connectivity index (χ0v) is 82.0. The molecule has 5 aliphatic rings. The number of nitrogens with zero attached hydrogens (tertiary/aromatic N) is 4. The van der Waals surface area contributed by atoms with E-state index in [2.05, 4.69) is 74.4 Å². The van der Waals surface area contributed by atoms with Crippen molar-refractivity contribution in [1.29, 1.82) is 5.41 Å². The lowest BCUT2D eigenvalue weighted by atomic mass is 10.0. The van der Waals surface area contributed by atoms with E-state index >= 15 is 38.0 Å². The normalized spacial score (nSPS) is 24.9. The fraction of sp³-hybridized carbons (Fsp3) is 0.708. The van der Waals surface area contributed by atoms with Crippen LogP contribution < -0.4 is 97.4 Å². The number of guanidine groups is 1. The second-order valence-corrected chi connectivity index (χ2v) is 39.6. The maximum atomic E-state index is 16.1. The molecule has 4 unspecified atom stereocenters. The molecule has 25 N–H and O–H groups in total. The molecular formula is C89H144FN23O21S3. The van der Waals surface area contributed by atoms with Crippen molar-refractivity contribution in [1.82, 2.24) is 94.0 Å². The van der Waals surface area contributed by atoms with Gasteiger partial charge < -0.3 is 127 Å². The number of aliphatic hydroxyl groups is 1. The molecule has 766 valence electrons. The summed E-state index contributed by atoms with van der Waals surface area (Å²) < 4.78 is 16.1. The van der Waals surface area contributed by atoms with Gasteiger partial charge >= 0.3 is 5.97 Å². The van der Waals surface area contributed by atoms with Crippen molar-refractivity contribution in [3.05, 3.63) is 35.9 Å². The molecule has 5 saturated heterocycles. The average molecular weight is 1990 g/mol. The summed E-state index contributed by atoms with van der Waals surface area (Å²) in [5.74, 6) is -18.6. The number of carboxylic acid groups (broad SMARTS) is 1. The Labute approximate surface area is 810 Å². The molecule has 18 atom stereocenters. The fourth-order valence-electron chi connectivity index (χ4n) is 16.8. The second kappa shape index (κ2) is 58.9. The molecule has 1 aromatic carbocycles. The van der Waals surface area contributed by atoms with E-state index in [-0.39, 0.29) is 160 Å². The number of fused-ring (bicyclic) bond motifs is 1. The SMILES string of the molecule is CCCC[C@@H]1NC(=O)[C@H](CCCCN)NC(=O)[C@H](CCCNC(=N)N)NC(=O)[C@H](CC(C)C)NC(=O)C(NC(=O)[C@H](CCSC)NC(=O)[C@@H]2CCCN2C(=O)[C@@H](NC(C)=O)C(C)C)CCSSC[C@@H](C(=O)NC(CCCCN)C(=O)N2CC(F)C[C@H]2C(=O)N2CCC[C@H]2C(=O)N[C@@H](CCC(=O)O)C(N)=O)NC(=O)[C@H](Cc2ccccc2)NC(=O)[C@H](CO)NC(=O)C(C)NC(=O)[C@@H]2CCCN2C1=O. The number of hydrogen-bond donors (Lipinski definition) is 21. The smallest absolute Gasteiger partial charge is 0.303 e. The van der Waals surface area contributed by atoms with Crippen LogP contribution in [0.5, 0.6) is 0 Å². The number of aliphatic hydroxyl groups excluding tert-OH is 1. The van der Waals surface area contributed by atoms with E-state index in [4.69, 9.17) is 28.3 Å². The number of thioether (sulfide) groups is 1. The lowest BCUT2D eigenvalue weighted by Gasteiger charge is -2.33. The summed E-state index contributed by atoms with van der Waals surface area (Å²) in [4.78, 5) is 279. The number of unbranched alkanes of at least 4 members (excludes halogenated alkanes) is 3. The van der Waals surface area contributed by atoms with Gasteiger partial charge in [-0.2, -0.15) is 11.8 Å². The molecule has 44 nitrogen and oxygen atoms in total. The number of nitrogens with two attached hydrogens (primary N) is 4. The minimum absolute atomic E-state index is 0.0115. The maximum Gasteiger partial charge on any atom is 0.303 e. The number of alkyl halides is 1. The van der Waals surface area contributed by atoms with Gasteiger partial charge in [-0.15, -0.1) is 0 Å². The highest BCUT2D eigenvalue weighted by Gasteiger charge is 2.49. The summed E-state index contributed by atoms with van der Waals surface area (Å²) in [6.45, 7) is 9.92.